The Bertz CT molecular complexity index is 369. The normalized spacial score (nSPS) is 10.6. The predicted octanol–water partition coefficient (Wildman–Crippen LogP) is 1.94. The summed E-state index contributed by atoms with van der Waals surface area (Å²) in [6, 6.07) is 0.369. The number of hydrogen-bond acceptors (Lipinski definition) is 6. The van der Waals surface area contributed by atoms with Crippen molar-refractivity contribution in [2.75, 3.05) is 30.4 Å². The van der Waals surface area contributed by atoms with E-state index >= 15 is 0 Å². The molecule has 0 spiro atoms. The fourth-order valence-electron chi connectivity index (χ4n) is 1.45. The number of aromatic nitrogens is 3. The van der Waals surface area contributed by atoms with Gasteiger partial charge in [0.25, 0.3) is 0 Å². The van der Waals surface area contributed by atoms with Crippen molar-refractivity contribution in [3.05, 3.63) is 0 Å². The third-order valence-electron chi connectivity index (χ3n) is 2.18. The first-order valence-corrected chi connectivity index (χ1v) is 6.44. The van der Waals surface area contributed by atoms with E-state index in [1.165, 1.54) is 0 Å². The van der Waals surface area contributed by atoms with Gasteiger partial charge >= 0.3 is 6.01 Å². The summed E-state index contributed by atoms with van der Waals surface area (Å²) in [5, 5.41) is 3.09. The lowest BCUT2D eigenvalue weighted by Gasteiger charge is -2.17. The van der Waals surface area contributed by atoms with E-state index in [4.69, 9.17) is 4.74 Å². The first-order valence-electron chi connectivity index (χ1n) is 6.44. The molecule has 0 aliphatic carbocycles. The van der Waals surface area contributed by atoms with Gasteiger partial charge in [-0.3, -0.25) is 0 Å². The highest BCUT2D eigenvalue weighted by molar-refractivity contribution is 5.37. The zero-order valence-electron chi connectivity index (χ0n) is 11.9. The molecule has 0 aliphatic heterocycles. The minimum absolute atomic E-state index is 0.0474. The van der Waals surface area contributed by atoms with Crippen LogP contribution in [0, 0.1) is 0 Å². The molecule has 0 aliphatic rings. The predicted molar refractivity (Wildman–Crippen MR) is 73.3 cm³/mol. The molecule has 0 atom stereocenters. The smallest absolute Gasteiger partial charge is 0.323 e. The highest BCUT2D eigenvalue weighted by atomic mass is 16.5. The number of nitrogens with zero attached hydrogens (tertiary/aromatic N) is 4. The maximum Gasteiger partial charge on any atom is 0.323 e. The van der Waals surface area contributed by atoms with Gasteiger partial charge in [0, 0.05) is 20.1 Å². The van der Waals surface area contributed by atoms with Crippen molar-refractivity contribution in [2.45, 2.75) is 40.2 Å². The maximum atomic E-state index is 5.54. The molecule has 1 aromatic rings. The topological polar surface area (TPSA) is 63.2 Å². The Balaban J connectivity index is 2.97. The number of rotatable bonds is 7. The average Bonchev–Trinajstić information content (AvgIpc) is 2.28. The van der Waals surface area contributed by atoms with E-state index in [9.17, 15) is 0 Å². The van der Waals surface area contributed by atoms with E-state index in [0.29, 0.717) is 17.9 Å². The van der Waals surface area contributed by atoms with Crippen LogP contribution in [0.5, 0.6) is 6.01 Å². The van der Waals surface area contributed by atoms with Crippen molar-refractivity contribution in [3.63, 3.8) is 0 Å². The molecule has 6 nitrogen and oxygen atoms in total. The molecule has 1 aromatic heterocycles. The zero-order chi connectivity index (χ0) is 13.5. The van der Waals surface area contributed by atoms with Gasteiger partial charge < -0.3 is 15.0 Å². The van der Waals surface area contributed by atoms with E-state index in [0.717, 1.165) is 19.5 Å². The van der Waals surface area contributed by atoms with Crippen LogP contribution < -0.4 is 15.0 Å². The van der Waals surface area contributed by atoms with Crippen molar-refractivity contribution in [3.8, 4) is 6.01 Å². The summed E-state index contributed by atoms with van der Waals surface area (Å²) in [5.74, 6) is 1.19. The lowest BCUT2D eigenvalue weighted by Crippen LogP contribution is -2.22. The highest BCUT2D eigenvalue weighted by Gasteiger charge is 2.11. The third-order valence-corrected chi connectivity index (χ3v) is 2.18. The molecular weight excluding hydrogens is 230 g/mol. The Morgan fingerprint density at radius 2 is 1.94 bits per heavy atom. The molecule has 0 amide bonds. The molecule has 0 bridgehead atoms. The summed E-state index contributed by atoms with van der Waals surface area (Å²) < 4.78 is 5.54. The number of ether oxygens (including phenoxy) is 1. The van der Waals surface area contributed by atoms with Crippen LogP contribution in [0.4, 0.5) is 11.9 Å². The summed E-state index contributed by atoms with van der Waals surface area (Å²) >= 11 is 0. The molecule has 0 aromatic carbocycles. The summed E-state index contributed by atoms with van der Waals surface area (Å²) in [7, 11) is 1.97. The Morgan fingerprint density at radius 3 is 2.50 bits per heavy atom. The Hall–Kier alpha value is -1.59. The van der Waals surface area contributed by atoms with Crippen LogP contribution >= 0.6 is 0 Å². The van der Waals surface area contributed by atoms with Crippen LogP contribution in [0.2, 0.25) is 0 Å². The van der Waals surface area contributed by atoms with Gasteiger partial charge in [0.2, 0.25) is 11.9 Å². The first kappa shape index (κ1) is 14.5. The Morgan fingerprint density at radius 1 is 1.22 bits per heavy atom. The van der Waals surface area contributed by atoms with Crippen molar-refractivity contribution in [2.24, 2.45) is 0 Å². The van der Waals surface area contributed by atoms with Gasteiger partial charge in [-0.2, -0.15) is 15.0 Å². The fraction of sp³-hybridized carbons (Fsp3) is 0.750. The molecule has 0 fully saturated rings. The molecule has 102 valence electrons. The minimum Gasteiger partial charge on any atom is -0.461 e. The second-order valence-electron chi connectivity index (χ2n) is 4.36. The van der Waals surface area contributed by atoms with Gasteiger partial charge in [0.05, 0.1) is 6.10 Å². The third kappa shape index (κ3) is 4.35. The van der Waals surface area contributed by atoms with Crippen LogP contribution in [0.25, 0.3) is 0 Å². The standard InChI is InChI=1S/C12H23N5O/c1-6-8-17(5)11-14-10(13-7-2)15-12(16-11)18-9(3)4/h9H,6-8H2,1-5H3,(H,13,14,15,16). The number of anilines is 2. The van der Waals surface area contributed by atoms with Gasteiger partial charge in [-0.15, -0.1) is 0 Å². The number of nitrogens with one attached hydrogen (secondary N) is 1. The van der Waals surface area contributed by atoms with Gasteiger partial charge in [-0.05, 0) is 27.2 Å². The van der Waals surface area contributed by atoms with E-state index in [-0.39, 0.29) is 6.10 Å². The Kier molecular flexibility index (Phi) is 5.61. The van der Waals surface area contributed by atoms with Crippen LogP contribution in [-0.2, 0) is 0 Å². The lowest BCUT2D eigenvalue weighted by atomic mass is 10.4. The SMILES string of the molecule is CCCN(C)c1nc(NCC)nc(OC(C)C)n1. The van der Waals surface area contributed by atoms with Crippen molar-refractivity contribution in [1.82, 2.24) is 15.0 Å². The van der Waals surface area contributed by atoms with Gasteiger partial charge in [-0.1, -0.05) is 6.92 Å². The Labute approximate surface area is 109 Å². The molecular formula is C12H23N5O. The molecule has 0 saturated heterocycles. The van der Waals surface area contributed by atoms with Gasteiger partial charge in [0.1, 0.15) is 0 Å². The van der Waals surface area contributed by atoms with Crippen LogP contribution in [0.1, 0.15) is 34.1 Å². The number of hydrogen-bond donors (Lipinski definition) is 1. The first-order chi connectivity index (χ1) is 8.56. The molecule has 0 radical (unpaired) electrons. The van der Waals surface area contributed by atoms with Crippen molar-refractivity contribution >= 4 is 11.9 Å². The molecule has 18 heavy (non-hydrogen) atoms. The average molecular weight is 253 g/mol. The quantitative estimate of drug-likeness (QED) is 0.801. The highest BCUT2D eigenvalue weighted by Crippen LogP contribution is 2.15. The van der Waals surface area contributed by atoms with Crippen LogP contribution in [-0.4, -0.2) is 41.2 Å². The molecule has 6 heteroatoms. The lowest BCUT2D eigenvalue weighted by molar-refractivity contribution is 0.222. The zero-order valence-corrected chi connectivity index (χ0v) is 11.9. The summed E-state index contributed by atoms with van der Waals surface area (Å²) in [6.07, 6.45) is 1.09. The summed E-state index contributed by atoms with van der Waals surface area (Å²) in [5.41, 5.74) is 0. The summed E-state index contributed by atoms with van der Waals surface area (Å²) in [4.78, 5) is 14.9. The largest absolute Gasteiger partial charge is 0.461 e. The fourth-order valence-corrected chi connectivity index (χ4v) is 1.45. The van der Waals surface area contributed by atoms with E-state index in [2.05, 4.69) is 27.2 Å². The van der Waals surface area contributed by atoms with E-state index in [1.54, 1.807) is 0 Å². The van der Waals surface area contributed by atoms with Gasteiger partial charge in [0.15, 0.2) is 0 Å². The molecule has 0 unspecified atom stereocenters. The molecule has 0 saturated carbocycles. The van der Waals surface area contributed by atoms with Crippen LogP contribution in [0.15, 0.2) is 0 Å². The van der Waals surface area contributed by atoms with E-state index in [1.807, 2.05) is 32.7 Å². The summed E-state index contributed by atoms with van der Waals surface area (Å²) in [6.45, 7) is 9.69. The van der Waals surface area contributed by atoms with Crippen molar-refractivity contribution < 1.29 is 4.74 Å². The monoisotopic (exact) mass is 253 g/mol. The second kappa shape index (κ2) is 6.98. The molecule has 1 rings (SSSR count). The van der Waals surface area contributed by atoms with Gasteiger partial charge in [-0.25, -0.2) is 0 Å². The molecule has 1 heterocycles. The van der Waals surface area contributed by atoms with Crippen LogP contribution in [0.3, 0.4) is 0 Å². The minimum atomic E-state index is 0.0474. The van der Waals surface area contributed by atoms with Crippen molar-refractivity contribution in [1.29, 1.82) is 0 Å². The van der Waals surface area contributed by atoms with E-state index < -0.39 is 0 Å². The second-order valence-corrected chi connectivity index (χ2v) is 4.36. The molecule has 1 N–H and O–H groups in total. The maximum absolute atomic E-state index is 5.54.